The average molecular weight is 281 g/mol. The molecule has 20 heavy (non-hydrogen) atoms. The smallest absolute Gasteiger partial charge is 0.127 e. The number of rotatable bonds is 10. The molecule has 0 heterocycles. The van der Waals surface area contributed by atoms with Crippen molar-refractivity contribution in [2.75, 3.05) is 19.8 Å². The zero-order valence-electron chi connectivity index (χ0n) is 12.8. The average Bonchev–Trinajstić information content (AvgIpc) is 2.44. The predicted octanol–water partition coefficient (Wildman–Crippen LogP) is 2.73. The highest BCUT2D eigenvalue weighted by Crippen LogP contribution is 2.25. The molecule has 0 fully saturated rings. The third-order valence-corrected chi connectivity index (χ3v) is 2.73. The van der Waals surface area contributed by atoms with Crippen LogP contribution in [-0.2, 0) is 6.54 Å². The van der Waals surface area contributed by atoms with Crippen LogP contribution < -0.4 is 14.8 Å². The number of benzene rings is 1. The van der Waals surface area contributed by atoms with Crippen LogP contribution in [0.1, 0.15) is 39.2 Å². The van der Waals surface area contributed by atoms with E-state index in [-0.39, 0.29) is 6.61 Å². The van der Waals surface area contributed by atoms with E-state index in [2.05, 4.69) is 19.2 Å². The number of aliphatic hydroxyl groups excluding tert-OH is 1. The van der Waals surface area contributed by atoms with Crippen molar-refractivity contribution in [1.29, 1.82) is 0 Å². The van der Waals surface area contributed by atoms with Crippen LogP contribution in [0.25, 0.3) is 0 Å². The number of hydrogen-bond donors (Lipinski definition) is 2. The van der Waals surface area contributed by atoms with Crippen molar-refractivity contribution < 1.29 is 14.6 Å². The van der Waals surface area contributed by atoms with Crippen molar-refractivity contribution >= 4 is 0 Å². The first-order valence-corrected chi connectivity index (χ1v) is 7.44. The van der Waals surface area contributed by atoms with E-state index >= 15 is 0 Å². The van der Waals surface area contributed by atoms with E-state index in [9.17, 15) is 5.11 Å². The first-order valence-electron chi connectivity index (χ1n) is 7.44. The molecular formula is C16H27NO3. The molecule has 2 N–H and O–H groups in total. The molecule has 1 unspecified atom stereocenters. The number of nitrogens with one attached hydrogen (secondary N) is 1. The Morgan fingerprint density at radius 3 is 2.65 bits per heavy atom. The van der Waals surface area contributed by atoms with Crippen molar-refractivity contribution in [3.63, 3.8) is 0 Å². The zero-order chi connectivity index (χ0) is 14.8. The third kappa shape index (κ3) is 6.26. The summed E-state index contributed by atoms with van der Waals surface area (Å²) in [6.07, 6.45) is 1.59. The topological polar surface area (TPSA) is 50.7 Å². The summed E-state index contributed by atoms with van der Waals surface area (Å²) in [6.45, 7) is 8.65. The van der Waals surface area contributed by atoms with Gasteiger partial charge < -0.3 is 19.9 Å². The van der Waals surface area contributed by atoms with Gasteiger partial charge in [0, 0.05) is 18.2 Å². The van der Waals surface area contributed by atoms with Crippen LogP contribution in [0.2, 0.25) is 0 Å². The summed E-state index contributed by atoms with van der Waals surface area (Å²) < 4.78 is 11.3. The summed E-state index contributed by atoms with van der Waals surface area (Å²) in [6, 6.07) is 5.89. The second-order valence-electron chi connectivity index (χ2n) is 4.95. The van der Waals surface area contributed by atoms with Crippen molar-refractivity contribution in [3.8, 4) is 11.5 Å². The lowest BCUT2D eigenvalue weighted by Crippen LogP contribution is -2.17. The van der Waals surface area contributed by atoms with E-state index < -0.39 is 6.10 Å². The largest absolute Gasteiger partial charge is 0.493 e. The Morgan fingerprint density at radius 2 is 2.00 bits per heavy atom. The summed E-state index contributed by atoms with van der Waals surface area (Å²) in [5.74, 6) is 1.59. The Balaban J connectivity index is 2.73. The molecule has 0 spiro atoms. The Morgan fingerprint density at radius 1 is 1.20 bits per heavy atom. The molecule has 0 saturated heterocycles. The molecule has 0 aromatic heterocycles. The van der Waals surface area contributed by atoms with Gasteiger partial charge in [-0.2, -0.15) is 0 Å². The van der Waals surface area contributed by atoms with Crippen molar-refractivity contribution in [2.24, 2.45) is 0 Å². The van der Waals surface area contributed by atoms with Crippen molar-refractivity contribution in [3.05, 3.63) is 23.8 Å². The monoisotopic (exact) mass is 281 g/mol. The maximum absolute atomic E-state index is 9.36. The summed E-state index contributed by atoms with van der Waals surface area (Å²) in [4.78, 5) is 0. The fourth-order valence-electron chi connectivity index (χ4n) is 1.74. The molecule has 1 aromatic rings. The first-order chi connectivity index (χ1) is 9.67. The van der Waals surface area contributed by atoms with Gasteiger partial charge in [-0.15, -0.1) is 0 Å². The predicted molar refractivity (Wildman–Crippen MR) is 81.4 cm³/mol. The number of aliphatic hydroxyl groups is 1. The standard InChI is InChI=1S/C16H27NO3/c1-4-8-17-11-14-6-7-15(19-9-5-2)10-16(14)20-12-13(3)18/h6-7,10,13,17-18H,4-5,8-9,11-12H2,1-3H3. The van der Waals surface area contributed by atoms with E-state index in [0.29, 0.717) is 6.61 Å². The first kappa shape index (κ1) is 16.8. The van der Waals surface area contributed by atoms with Gasteiger partial charge in [-0.25, -0.2) is 0 Å². The lowest BCUT2D eigenvalue weighted by Gasteiger charge is -2.15. The van der Waals surface area contributed by atoms with Crippen LogP contribution in [0.4, 0.5) is 0 Å². The SMILES string of the molecule is CCCNCc1ccc(OCCC)cc1OCC(C)O. The van der Waals surface area contributed by atoms with Gasteiger partial charge in [0.05, 0.1) is 12.7 Å². The molecule has 0 aliphatic rings. The normalized spacial score (nSPS) is 12.2. The minimum absolute atomic E-state index is 0.290. The van der Waals surface area contributed by atoms with E-state index in [4.69, 9.17) is 9.47 Å². The summed E-state index contributed by atoms with van der Waals surface area (Å²) in [7, 11) is 0. The van der Waals surface area contributed by atoms with Gasteiger partial charge >= 0.3 is 0 Å². The Kier molecular flexibility index (Phi) is 8.07. The highest BCUT2D eigenvalue weighted by Gasteiger charge is 2.07. The lowest BCUT2D eigenvalue weighted by atomic mass is 10.2. The van der Waals surface area contributed by atoms with Crippen LogP contribution in [0.15, 0.2) is 18.2 Å². The fraction of sp³-hybridized carbons (Fsp3) is 0.625. The fourth-order valence-corrected chi connectivity index (χ4v) is 1.74. The van der Waals surface area contributed by atoms with Crippen molar-refractivity contribution in [1.82, 2.24) is 5.32 Å². The van der Waals surface area contributed by atoms with Crippen LogP contribution in [0, 0.1) is 0 Å². The van der Waals surface area contributed by atoms with E-state index in [1.807, 2.05) is 18.2 Å². The van der Waals surface area contributed by atoms with Gasteiger partial charge in [-0.3, -0.25) is 0 Å². The molecule has 4 nitrogen and oxygen atoms in total. The second kappa shape index (κ2) is 9.61. The van der Waals surface area contributed by atoms with Crippen LogP contribution >= 0.6 is 0 Å². The zero-order valence-corrected chi connectivity index (χ0v) is 12.8. The molecular weight excluding hydrogens is 254 g/mol. The minimum atomic E-state index is -0.480. The molecule has 0 amide bonds. The van der Waals surface area contributed by atoms with Gasteiger partial charge in [0.2, 0.25) is 0 Å². The highest BCUT2D eigenvalue weighted by molar-refractivity contribution is 5.40. The molecule has 1 aromatic carbocycles. The highest BCUT2D eigenvalue weighted by atomic mass is 16.5. The number of hydrogen-bond acceptors (Lipinski definition) is 4. The molecule has 0 bridgehead atoms. The summed E-state index contributed by atoms with van der Waals surface area (Å²) >= 11 is 0. The van der Waals surface area contributed by atoms with E-state index in [1.165, 1.54) is 0 Å². The van der Waals surface area contributed by atoms with Gasteiger partial charge in [0.15, 0.2) is 0 Å². The summed E-state index contributed by atoms with van der Waals surface area (Å²) in [5.41, 5.74) is 1.09. The lowest BCUT2D eigenvalue weighted by molar-refractivity contribution is 0.122. The van der Waals surface area contributed by atoms with Crippen LogP contribution in [0.3, 0.4) is 0 Å². The molecule has 0 saturated carbocycles. The van der Waals surface area contributed by atoms with Crippen molar-refractivity contribution in [2.45, 2.75) is 46.3 Å². The Labute approximate surface area is 122 Å². The van der Waals surface area contributed by atoms with Gasteiger partial charge in [0.25, 0.3) is 0 Å². The molecule has 0 aliphatic heterocycles. The minimum Gasteiger partial charge on any atom is -0.493 e. The maximum Gasteiger partial charge on any atom is 0.127 e. The Bertz CT molecular complexity index is 380. The maximum atomic E-state index is 9.36. The molecule has 114 valence electrons. The van der Waals surface area contributed by atoms with Crippen LogP contribution in [-0.4, -0.2) is 31.0 Å². The molecule has 0 radical (unpaired) electrons. The Hall–Kier alpha value is -1.26. The third-order valence-electron chi connectivity index (χ3n) is 2.73. The molecule has 1 atom stereocenters. The van der Waals surface area contributed by atoms with Gasteiger partial charge in [-0.1, -0.05) is 19.9 Å². The quantitative estimate of drug-likeness (QED) is 0.648. The van der Waals surface area contributed by atoms with Crippen LogP contribution in [0.5, 0.6) is 11.5 Å². The summed E-state index contributed by atoms with van der Waals surface area (Å²) in [5, 5.41) is 12.7. The molecule has 4 heteroatoms. The van der Waals surface area contributed by atoms with E-state index in [0.717, 1.165) is 43.0 Å². The molecule has 1 rings (SSSR count). The van der Waals surface area contributed by atoms with Gasteiger partial charge in [0.1, 0.15) is 18.1 Å². The number of ether oxygens (including phenoxy) is 2. The second-order valence-corrected chi connectivity index (χ2v) is 4.95. The van der Waals surface area contributed by atoms with Gasteiger partial charge in [-0.05, 0) is 32.4 Å². The molecule has 0 aliphatic carbocycles. The van der Waals surface area contributed by atoms with E-state index in [1.54, 1.807) is 6.92 Å².